The Balaban J connectivity index is 1.04. The van der Waals surface area contributed by atoms with Crippen LogP contribution in [-0.4, -0.2) is 40.1 Å². The Bertz CT molecular complexity index is 2670. The molecule has 0 aliphatic carbocycles. The van der Waals surface area contributed by atoms with Crippen molar-refractivity contribution in [2.24, 2.45) is 11.3 Å². The van der Waals surface area contributed by atoms with Gasteiger partial charge in [-0.1, -0.05) is 65.8 Å². The summed E-state index contributed by atoms with van der Waals surface area (Å²) in [4.78, 5) is 53.6. The summed E-state index contributed by atoms with van der Waals surface area (Å²) in [5.41, 5.74) is 3.44. The average molecular weight is 889 g/mol. The number of rotatable bonds is 20. The van der Waals surface area contributed by atoms with Crippen molar-refractivity contribution in [3.63, 3.8) is 0 Å². The summed E-state index contributed by atoms with van der Waals surface area (Å²) in [6.45, 7) is 16.0. The maximum Gasteiger partial charge on any atom is 0.255 e. The zero-order valence-electron chi connectivity index (χ0n) is 39.0. The number of phenolic OH excluding ortho intramolecular Hbond substituents is 1. The van der Waals surface area contributed by atoms with Gasteiger partial charge in [-0.3, -0.25) is 19.2 Å². The predicted molar refractivity (Wildman–Crippen MR) is 264 cm³/mol. The largest absolute Gasteiger partial charge is 0.508 e. The minimum Gasteiger partial charge on any atom is -0.508 e. The van der Waals surface area contributed by atoms with E-state index in [9.17, 15) is 24.3 Å². The lowest BCUT2D eigenvalue weighted by Gasteiger charge is -2.26. The summed E-state index contributed by atoms with van der Waals surface area (Å²) in [6, 6.07) is 39.7. The van der Waals surface area contributed by atoms with Crippen LogP contribution in [0.4, 0.5) is 22.7 Å². The normalized spacial score (nSPS) is 12.3. The van der Waals surface area contributed by atoms with Crippen molar-refractivity contribution in [3.8, 4) is 28.7 Å². The molecule has 0 bridgehead atoms. The van der Waals surface area contributed by atoms with Crippen molar-refractivity contribution in [3.05, 3.63) is 162 Å². The molecule has 0 heterocycles. The molecule has 0 aromatic heterocycles. The summed E-state index contributed by atoms with van der Waals surface area (Å²) in [5.74, 6) is 0.441. The van der Waals surface area contributed by atoms with Gasteiger partial charge in [-0.15, -0.1) is 0 Å². The Morgan fingerprint density at radius 2 is 1.05 bits per heavy atom. The van der Waals surface area contributed by atoms with E-state index in [2.05, 4.69) is 42.0 Å². The third-order valence-corrected chi connectivity index (χ3v) is 11.9. The standard InChI is InChI=1S/C55H60N4O7/c1-9-49(56-40-21-25-45(26-22-40)65-47-19-13-17-42(33-47)57-52(63)37-16-12-15-36(29-37)51(62)54(5,6)10-2)35(4)50(61)38-30-39(32-44(60)31-38)53(64)58-43-18-14-20-48(34-43)66-46-27-23-41(24-28-46)59-55(7,8)11-3/h12-35,49,56,59-60H,9-11H2,1-8H3,(H,57,63)(H,58,64). The van der Waals surface area contributed by atoms with Crippen molar-refractivity contribution in [2.45, 2.75) is 86.2 Å². The number of hydrogen-bond acceptors (Lipinski definition) is 9. The van der Waals surface area contributed by atoms with Crippen molar-refractivity contribution >= 4 is 46.1 Å². The van der Waals surface area contributed by atoms with E-state index >= 15 is 0 Å². The molecule has 0 radical (unpaired) electrons. The Kier molecular flexibility index (Phi) is 15.3. The van der Waals surface area contributed by atoms with Crippen molar-refractivity contribution in [2.75, 3.05) is 21.3 Å². The molecular formula is C55H60N4O7. The first-order valence-corrected chi connectivity index (χ1v) is 22.4. The molecule has 2 amide bonds. The second-order valence-corrected chi connectivity index (χ2v) is 17.8. The molecule has 11 nitrogen and oxygen atoms in total. The number of ether oxygens (including phenoxy) is 2. The molecule has 11 heteroatoms. The van der Waals surface area contributed by atoms with Crippen LogP contribution in [0.1, 0.15) is 116 Å². The number of nitrogens with one attached hydrogen (secondary N) is 4. The molecule has 2 atom stereocenters. The van der Waals surface area contributed by atoms with E-state index in [0.29, 0.717) is 58.3 Å². The predicted octanol–water partition coefficient (Wildman–Crippen LogP) is 13.4. The fourth-order valence-electron chi connectivity index (χ4n) is 7.14. The van der Waals surface area contributed by atoms with Crippen LogP contribution in [0.5, 0.6) is 28.7 Å². The van der Waals surface area contributed by atoms with Crippen LogP contribution < -0.4 is 30.7 Å². The Morgan fingerprint density at radius 1 is 0.545 bits per heavy atom. The summed E-state index contributed by atoms with van der Waals surface area (Å²) in [5, 5.41) is 23.4. The number of carbonyl (C=O) groups excluding carboxylic acids is 4. The lowest BCUT2D eigenvalue weighted by molar-refractivity contribution is 0.0832. The Labute approximate surface area is 388 Å². The van der Waals surface area contributed by atoms with Gasteiger partial charge in [-0.2, -0.15) is 0 Å². The molecule has 0 spiro atoms. The van der Waals surface area contributed by atoms with E-state index in [1.165, 1.54) is 18.2 Å². The Morgan fingerprint density at radius 3 is 1.59 bits per heavy atom. The van der Waals surface area contributed by atoms with Crippen molar-refractivity contribution < 1.29 is 33.8 Å². The van der Waals surface area contributed by atoms with Gasteiger partial charge in [0.1, 0.15) is 28.7 Å². The van der Waals surface area contributed by atoms with Gasteiger partial charge in [-0.25, -0.2) is 0 Å². The number of phenols is 1. The number of benzene rings is 6. The highest BCUT2D eigenvalue weighted by Gasteiger charge is 2.28. The molecule has 0 aliphatic rings. The minimum atomic E-state index is -0.530. The molecule has 66 heavy (non-hydrogen) atoms. The molecule has 0 fully saturated rings. The molecule has 2 unspecified atom stereocenters. The monoisotopic (exact) mass is 888 g/mol. The van der Waals surface area contributed by atoms with E-state index in [1.807, 2.05) is 71.0 Å². The van der Waals surface area contributed by atoms with Gasteiger partial charge < -0.3 is 35.8 Å². The Hall–Kier alpha value is -7.40. The first-order valence-electron chi connectivity index (χ1n) is 22.4. The van der Waals surface area contributed by atoms with E-state index in [1.54, 1.807) is 84.9 Å². The molecule has 342 valence electrons. The molecule has 5 N–H and O–H groups in total. The molecule has 6 aromatic carbocycles. The fourth-order valence-corrected chi connectivity index (χ4v) is 7.14. The minimum absolute atomic E-state index is 0.0109. The molecule has 0 saturated carbocycles. The maximum absolute atomic E-state index is 13.9. The van der Waals surface area contributed by atoms with Gasteiger partial charge in [0.05, 0.1) is 0 Å². The van der Waals surface area contributed by atoms with Gasteiger partial charge in [0.15, 0.2) is 11.6 Å². The lowest BCUT2D eigenvalue weighted by atomic mass is 9.82. The van der Waals surface area contributed by atoms with Crippen LogP contribution in [0.2, 0.25) is 0 Å². The number of anilines is 4. The van der Waals surface area contributed by atoms with E-state index < -0.39 is 17.2 Å². The number of ketones is 2. The van der Waals surface area contributed by atoms with Gasteiger partial charge in [0.2, 0.25) is 0 Å². The quantitative estimate of drug-likeness (QED) is 0.0471. The van der Waals surface area contributed by atoms with Crippen LogP contribution in [-0.2, 0) is 0 Å². The highest BCUT2D eigenvalue weighted by atomic mass is 16.5. The number of aromatic hydroxyl groups is 1. The molecular weight excluding hydrogens is 829 g/mol. The smallest absolute Gasteiger partial charge is 0.255 e. The lowest BCUT2D eigenvalue weighted by Crippen LogP contribution is -2.32. The fraction of sp³-hybridized carbons (Fsp3) is 0.273. The van der Waals surface area contributed by atoms with Gasteiger partial charge in [0.25, 0.3) is 11.8 Å². The number of carbonyl (C=O) groups is 4. The molecule has 0 saturated heterocycles. The second-order valence-electron chi connectivity index (χ2n) is 17.8. The van der Waals surface area contributed by atoms with E-state index in [0.717, 1.165) is 17.8 Å². The number of hydrogen-bond donors (Lipinski definition) is 5. The highest BCUT2D eigenvalue weighted by molar-refractivity contribution is 6.08. The molecule has 6 rings (SSSR count). The highest BCUT2D eigenvalue weighted by Crippen LogP contribution is 2.31. The first kappa shape index (κ1) is 48.1. The number of amides is 2. The second kappa shape index (κ2) is 21.1. The van der Waals surface area contributed by atoms with Gasteiger partial charge in [0, 0.05) is 80.0 Å². The van der Waals surface area contributed by atoms with E-state index in [-0.39, 0.29) is 45.9 Å². The summed E-state index contributed by atoms with van der Waals surface area (Å²) >= 11 is 0. The molecule has 0 aliphatic heterocycles. The van der Waals surface area contributed by atoms with Crippen LogP contribution in [0.25, 0.3) is 0 Å². The van der Waals surface area contributed by atoms with Crippen molar-refractivity contribution in [1.82, 2.24) is 0 Å². The zero-order chi connectivity index (χ0) is 47.6. The summed E-state index contributed by atoms with van der Waals surface area (Å²) < 4.78 is 12.2. The maximum atomic E-state index is 13.9. The van der Waals surface area contributed by atoms with Crippen LogP contribution in [0.15, 0.2) is 140 Å². The van der Waals surface area contributed by atoms with Gasteiger partial charge in [-0.05, 0) is 136 Å². The van der Waals surface area contributed by atoms with Crippen LogP contribution in [0, 0.1) is 11.3 Å². The van der Waals surface area contributed by atoms with Crippen LogP contribution >= 0.6 is 0 Å². The van der Waals surface area contributed by atoms with Gasteiger partial charge >= 0.3 is 0 Å². The summed E-state index contributed by atoms with van der Waals surface area (Å²) in [6.07, 6.45) is 2.27. The van der Waals surface area contributed by atoms with E-state index in [4.69, 9.17) is 9.47 Å². The topological polar surface area (TPSA) is 155 Å². The third-order valence-electron chi connectivity index (χ3n) is 11.9. The molecule has 6 aromatic rings. The third kappa shape index (κ3) is 12.7. The van der Waals surface area contributed by atoms with Crippen molar-refractivity contribution in [1.29, 1.82) is 0 Å². The zero-order valence-corrected chi connectivity index (χ0v) is 39.0. The SMILES string of the molecule is CCC(Nc1ccc(Oc2cccc(NC(=O)c3cccc(C(=O)C(C)(C)CC)c3)c2)cc1)C(C)C(=O)c1cc(O)cc(C(=O)Nc2cccc(Oc3ccc(NC(C)(C)CC)cc3)c2)c1. The first-order chi connectivity index (χ1) is 31.4. The average Bonchev–Trinajstić information content (AvgIpc) is 3.31. The number of Topliss-reactive ketones (excluding diaryl/α,β-unsaturated/α-hetero) is 2. The summed E-state index contributed by atoms with van der Waals surface area (Å²) in [7, 11) is 0. The van der Waals surface area contributed by atoms with Crippen LogP contribution in [0.3, 0.4) is 0 Å².